The minimum Gasteiger partial charge on any atom is -0.486 e. The summed E-state index contributed by atoms with van der Waals surface area (Å²) in [7, 11) is 0. The third-order valence-corrected chi connectivity index (χ3v) is 2.94. The average Bonchev–Trinajstić information content (AvgIpc) is 2.72. The zero-order chi connectivity index (χ0) is 13.1. The Labute approximate surface area is 106 Å². The summed E-state index contributed by atoms with van der Waals surface area (Å²) in [5, 5.41) is 19.2. The van der Waals surface area contributed by atoms with Gasteiger partial charge in [-0.15, -0.1) is 10.2 Å². The molecular formula is C10H10N4O3S. The van der Waals surface area contributed by atoms with Crippen molar-refractivity contribution in [3.8, 4) is 5.75 Å². The molecule has 0 unspecified atom stereocenters. The lowest BCUT2D eigenvalue weighted by Gasteiger charge is -2.04. The number of hydrogen-bond acceptors (Lipinski definition) is 7. The molecule has 0 fully saturated rings. The van der Waals surface area contributed by atoms with Gasteiger partial charge in [0.15, 0.2) is 5.01 Å². The molecule has 1 aromatic heterocycles. The van der Waals surface area contributed by atoms with Gasteiger partial charge in [0, 0.05) is 11.6 Å². The van der Waals surface area contributed by atoms with Crippen molar-refractivity contribution >= 4 is 22.2 Å². The number of ether oxygens (including phenoxy) is 1. The van der Waals surface area contributed by atoms with Crippen molar-refractivity contribution in [1.29, 1.82) is 0 Å². The molecule has 0 aliphatic rings. The molecule has 0 saturated carbocycles. The molecule has 8 heteroatoms. The Balaban J connectivity index is 2.06. The lowest BCUT2D eigenvalue weighted by Crippen LogP contribution is -1.97. The number of benzene rings is 1. The molecule has 7 nitrogen and oxygen atoms in total. The van der Waals surface area contributed by atoms with Gasteiger partial charge in [0.25, 0.3) is 5.69 Å². The monoisotopic (exact) mass is 266 g/mol. The number of nitro groups is 1. The summed E-state index contributed by atoms with van der Waals surface area (Å²) >= 11 is 1.24. The van der Waals surface area contributed by atoms with Crippen LogP contribution in [0.25, 0.3) is 0 Å². The van der Waals surface area contributed by atoms with Crippen molar-refractivity contribution in [2.45, 2.75) is 13.5 Å². The normalized spacial score (nSPS) is 10.3. The molecule has 0 radical (unpaired) electrons. The van der Waals surface area contributed by atoms with E-state index in [4.69, 9.17) is 10.5 Å². The Hall–Kier alpha value is -2.22. The minimum absolute atomic E-state index is 0.0718. The molecule has 94 valence electrons. The van der Waals surface area contributed by atoms with Crippen molar-refractivity contribution in [1.82, 2.24) is 10.2 Å². The van der Waals surface area contributed by atoms with Crippen LogP contribution in [0, 0.1) is 17.0 Å². The molecule has 0 amide bonds. The third-order valence-electron chi connectivity index (χ3n) is 2.21. The summed E-state index contributed by atoms with van der Waals surface area (Å²) in [5.74, 6) is 0.548. The summed E-state index contributed by atoms with van der Waals surface area (Å²) in [5.41, 5.74) is 6.06. The molecule has 0 aliphatic heterocycles. The maximum atomic E-state index is 10.6. The van der Waals surface area contributed by atoms with Crippen molar-refractivity contribution in [3.05, 3.63) is 38.9 Å². The quantitative estimate of drug-likeness (QED) is 0.669. The first kappa shape index (κ1) is 12.2. The van der Waals surface area contributed by atoms with Gasteiger partial charge in [-0.3, -0.25) is 10.1 Å². The lowest BCUT2D eigenvalue weighted by molar-refractivity contribution is -0.385. The van der Waals surface area contributed by atoms with E-state index in [1.54, 1.807) is 19.1 Å². The van der Waals surface area contributed by atoms with Gasteiger partial charge in [-0.05, 0) is 19.1 Å². The number of nitrogen functional groups attached to an aromatic ring is 1. The number of nitrogens with zero attached hydrogens (tertiary/aromatic N) is 3. The van der Waals surface area contributed by atoms with Crippen molar-refractivity contribution in [2.24, 2.45) is 0 Å². The fourth-order valence-electron chi connectivity index (χ4n) is 1.39. The maximum absolute atomic E-state index is 10.6. The van der Waals surface area contributed by atoms with Crippen LogP contribution in [0.2, 0.25) is 0 Å². The first-order chi connectivity index (χ1) is 8.56. The second kappa shape index (κ2) is 4.96. The number of rotatable bonds is 4. The van der Waals surface area contributed by atoms with E-state index in [9.17, 15) is 10.1 Å². The van der Waals surface area contributed by atoms with E-state index < -0.39 is 4.92 Å². The van der Waals surface area contributed by atoms with E-state index in [0.29, 0.717) is 21.5 Å². The zero-order valence-corrected chi connectivity index (χ0v) is 10.3. The van der Waals surface area contributed by atoms with E-state index in [0.717, 1.165) is 0 Å². The Morgan fingerprint density at radius 3 is 2.83 bits per heavy atom. The fourth-order valence-corrected chi connectivity index (χ4v) is 1.92. The van der Waals surface area contributed by atoms with Crippen LogP contribution >= 0.6 is 11.3 Å². The van der Waals surface area contributed by atoms with Crippen LogP contribution in [0.3, 0.4) is 0 Å². The summed E-state index contributed by atoms with van der Waals surface area (Å²) in [4.78, 5) is 10.2. The molecule has 2 rings (SSSR count). The second-order valence-corrected chi connectivity index (χ2v) is 4.62. The zero-order valence-electron chi connectivity index (χ0n) is 9.49. The highest BCUT2D eigenvalue weighted by atomic mass is 32.1. The van der Waals surface area contributed by atoms with Crippen molar-refractivity contribution in [2.75, 3.05) is 5.73 Å². The van der Waals surface area contributed by atoms with E-state index in [1.165, 1.54) is 17.4 Å². The number of aryl methyl sites for hydroxylation is 1. The number of nitro benzene ring substituents is 1. The number of anilines is 1. The molecule has 2 N–H and O–H groups in total. The third kappa shape index (κ3) is 2.72. The summed E-state index contributed by atoms with van der Waals surface area (Å²) in [6, 6.07) is 4.58. The van der Waals surface area contributed by atoms with Crippen LogP contribution in [0.4, 0.5) is 10.8 Å². The number of hydrogen-bond donors (Lipinski definition) is 1. The highest BCUT2D eigenvalue weighted by Crippen LogP contribution is 2.24. The molecule has 0 saturated heterocycles. The molecule has 1 heterocycles. The fraction of sp³-hybridized carbons (Fsp3) is 0.200. The van der Waals surface area contributed by atoms with E-state index >= 15 is 0 Å². The number of aromatic nitrogens is 2. The SMILES string of the molecule is Cc1cc(OCc2nnc(N)s2)ccc1[N+](=O)[O-]. The van der Waals surface area contributed by atoms with E-state index in [2.05, 4.69) is 10.2 Å². The van der Waals surface area contributed by atoms with Gasteiger partial charge < -0.3 is 10.5 Å². The molecule has 0 aliphatic carbocycles. The standard InChI is InChI=1S/C10H10N4O3S/c1-6-4-7(2-3-8(6)14(15)16)17-5-9-12-13-10(11)18-9/h2-4H,5H2,1H3,(H2,11,13). The Morgan fingerprint density at radius 2 is 2.28 bits per heavy atom. The van der Waals surface area contributed by atoms with Crippen LogP contribution in [-0.2, 0) is 6.61 Å². The van der Waals surface area contributed by atoms with E-state index in [1.807, 2.05) is 0 Å². The summed E-state index contributed by atoms with van der Waals surface area (Å²) in [6.45, 7) is 1.90. The molecule has 18 heavy (non-hydrogen) atoms. The van der Waals surface area contributed by atoms with Gasteiger partial charge in [-0.1, -0.05) is 11.3 Å². The van der Waals surface area contributed by atoms with E-state index in [-0.39, 0.29) is 12.3 Å². The largest absolute Gasteiger partial charge is 0.486 e. The predicted molar refractivity (Wildman–Crippen MR) is 66.5 cm³/mol. The summed E-state index contributed by atoms with van der Waals surface area (Å²) < 4.78 is 5.45. The topological polar surface area (TPSA) is 104 Å². The van der Waals surface area contributed by atoms with Gasteiger partial charge in [0.1, 0.15) is 12.4 Å². The Morgan fingerprint density at radius 1 is 1.50 bits per heavy atom. The molecule has 2 aromatic rings. The molecule has 0 spiro atoms. The Bertz CT molecular complexity index is 584. The van der Waals surface area contributed by atoms with Crippen LogP contribution in [0.15, 0.2) is 18.2 Å². The molecule has 1 aromatic carbocycles. The average molecular weight is 266 g/mol. The van der Waals surface area contributed by atoms with Gasteiger partial charge in [0.2, 0.25) is 5.13 Å². The van der Waals surface area contributed by atoms with Gasteiger partial charge >= 0.3 is 0 Å². The van der Waals surface area contributed by atoms with Crippen LogP contribution in [0.5, 0.6) is 5.75 Å². The highest BCUT2D eigenvalue weighted by Gasteiger charge is 2.11. The van der Waals surface area contributed by atoms with Crippen LogP contribution in [-0.4, -0.2) is 15.1 Å². The first-order valence-electron chi connectivity index (χ1n) is 5.02. The van der Waals surface area contributed by atoms with Gasteiger partial charge in [0.05, 0.1) is 4.92 Å². The number of nitrogens with two attached hydrogens (primary N) is 1. The molecular weight excluding hydrogens is 256 g/mol. The van der Waals surface area contributed by atoms with Crippen molar-refractivity contribution in [3.63, 3.8) is 0 Å². The molecule has 0 bridgehead atoms. The maximum Gasteiger partial charge on any atom is 0.272 e. The first-order valence-corrected chi connectivity index (χ1v) is 5.83. The van der Waals surface area contributed by atoms with Crippen LogP contribution in [0.1, 0.15) is 10.6 Å². The molecule has 0 atom stereocenters. The van der Waals surface area contributed by atoms with Crippen molar-refractivity contribution < 1.29 is 9.66 Å². The lowest BCUT2D eigenvalue weighted by atomic mass is 10.2. The summed E-state index contributed by atoms with van der Waals surface area (Å²) in [6.07, 6.45) is 0. The second-order valence-electron chi connectivity index (χ2n) is 3.53. The minimum atomic E-state index is -0.426. The van der Waals surface area contributed by atoms with Crippen LogP contribution < -0.4 is 10.5 Å². The van der Waals surface area contributed by atoms with Gasteiger partial charge in [-0.25, -0.2) is 0 Å². The predicted octanol–water partition coefficient (Wildman–Crippen LogP) is 1.92. The Kier molecular flexibility index (Phi) is 3.38. The van der Waals surface area contributed by atoms with Gasteiger partial charge in [-0.2, -0.15) is 0 Å². The smallest absolute Gasteiger partial charge is 0.272 e. The highest BCUT2D eigenvalue weighted by molar-refractivity contribution is 7.15.